The third-order valence-corrected chi connectivity index (χ3v) is 12.4. The summed E-state index contributed by atoms with van der Waals surface area (Å²) in [5.41, 5.74) is 2.21. The highest BCUT2D eigenvalue weighted by molar-refractivity contribution is 8.34. The minimum absolute atomic E-state index is 0.0772. The maximum atomic E-state index is 13.2. The summed E-state index contributed by atoms with van der Waals surface area (Å²) < 4.78 is 0. The van der Waals surface area contributed by atoms with Crippen molar-refractivity contribution in [2.75, 3.05) is 23.0 Å². The van der Waals surface area contributed by atoms with E-state index < -0.39 is 10.0 Å². The summed E-state index contributed by atoms with van der Waals surface area (Å²) in [7, 11) is 3.04. The molecule has 0 saturated carbocycles. The predicted octanol–water partition coefficient (Wildman–Crippen LogP) is 3.45. The molecule has 1 unspecified atom stereocenters. The second-order valence-electron chi connectivity index (χ2n) is 9.32. The molecule has 1 aromatic carbocycles. The number of amides is 2. The highest BCUT2D eigenvalue weighted by Gasteiger charge is 2.44. The number of unbranched alkanes of at least 4 members (excludes halogenated alkanes) is 2. The van der Waals surface area contributed by atoms with Crippen LogP contribution in [0.3, 0.4) is 0 Å². The van der Waals surface area contributed by atoms with E-state index in [0.29, 0.717) is 13.0 Å². The summed E-state index contributed by atoms with van der Waals surface area (Å²) in [6.07, 6.45) is 6.81. The van der Waals surface area contributed by atoms with Gasteiger partial charge in [0, 0.05) is 36.1 Å². The largest absolute Gasteiger partial charge is 0.356 e. The Balaban J connectivity index is 1.44. The normalized spacial score (nSPS) is 19.1. The lowest BCUT2D eigenvalue weighted by molar-refractivity contribution is -0.121. The van der Waals surface area contributed by atoms with Crippen molar-refractivity contribution >= 4 is 43.2 Å². The van der Waals surface area contributed by atoms with Crippen molar-refractivity contribution in [1.82, 2.24) is 10.3 Å². The smallest absolute Gasteiger partial charge is 0.227 e. The lowest BCUT2D eigenvalue weighted by Gasteiger charge is -2.40. The quantitative estimate of drug-likeness (QED) is 0.397. The van der Waals surface area contributed by atoms with Crippen LogP contribution in [-0.4, -0.2) is 55.9 Å². The lowest BCUT2D eigenvalue weighted by Crippen LogP contribution is -2.37. The maximum Gasteiger partial charge on any atom is 0.227 e. The van der Waals surface area contributed by atoms with Crippen molar-refractivity contribution in [3.05, 3.63) is 54.4 Å². The Morgan fingerprint density at radius 1 is 1.09 bits per heavy atom. The van der Waals surface area contributed by atoms with Gasteiger partial charge in [0.25, 0.3) is 0 Å². The molecule has 34 heavy (non-hydrogen) atoms. The van der Waals surface area contributed by atoms with E-state index in [1.165, 1.54) is 4.90 Å². The fourth-order valence-corrected chi connectivity index (χ4v) is 9.08. The van der Waals surface area contributed by atoms with Gasteiger partial charge in [-0.2, -0.15) is 10.0 Å². The van der Waals surface area contributed by atoms with Crippen molar-refractivity contribution in [2.24, 2.45) is 0 Å². The van der Waals surface area contributed by atoms with Crippen LogP contribution in [0.2, 0.25) is 5.82 Å². The zero-order valence-corrected chi connectivity index (χ0v) is 22.2. The van der Waals surface area contributed by atoms with Crippen LogP contribution in [0.15, 0.2) is 53.7 Å². The second-order valence-corrected chi connectivity index (χ2v) is 13.5. The molecule has 0 fully saturated rings. The molecule has 0 radical (unpaired) electrons. The molecular formula is C26H39B2N3O2S. The van der Waals surface area contributed by atoms with Crippen LogP contribution >= 0.6 is 10.0 Å². The first-order chi connectivity index (χ1) is 16.4. The summed E-state index contributed by atoms with van der Waals surface area (Å²) in [5.74, 6) is 2.55. The summed E-state index contributed by atoms with van der Waals surface area (Å²) in [4.78, 5) is 33.4. The van der Waals surface area contributed by atoms with E-state index in [2.05, 4.69) is 62.0 Å². The molecule has 1 N–H and O–H groups in total. The number of para-hydroxylation sites is 1. The Morgan fingerprint density at radius 3 is 2.50 bits per heavy atom. The number of hydrogen-bond acceptors (Lipinski definition) is 3. The van der Waals surface area contributed by atoms with Crippen LogP contribution in [0.25, 0.3) is 0 Å². The summed E-state index contributed by atoms with van der Waals surface area (Å²) >= 11 is 0. The standard InChI is InChI=1S/C26H39B2N3O2S/c1-4-34(5-2)19(3)31(21-13-8-9-14-22(21)34)23(32)15-7-6-10-17-30-26(33)25(28)24(27)20-12-11-16-29-18-20/h8-9,11-14,16,18-19,24-25H,4-7,10,15,17,27-28H2,1-3H3,(H,30,33)/t19?,24-,25+/m0/s1. The van der Waals surface area contributed by atoms with E-state index in [0.717, 1.165) is 42.0 Å². The Labute approximate surface area is 208 Å². The number of nitrogens with zero attached hydrogens (tertiary/aromatic N) is 2. The number of carbonyl (C=O) groups excluding carboxylic acids is 2. The molecule has 3 rings (SSSR count). The number of fused-ring (bicyclic) bond motifs is 1. The number of anilines is 1. The van der Waals surface area contributed by atoms with Gasteiger partial charge in [0.15, 0.2) is 0 Å². The highest BCUT2D eigenvalue weighted by Crippen LogP contribution is 2.67. The van der Waals surface area contributed by atoms with E-state index in [1.807, 2.05) is 32.2 Å². The van der Waals surface area contributed by atoms with Crippen LogP contribution < -0.4 is 10.2 Å². The summed E-state index contributed by atoms with van der Waals surface area (Å²) in [5, 5.41) is 3.33. The van der Waals surface area contributed by atoms with E-state index in [1.54, 1.807) is 6.20 Å². The maximum absolute atomic E-state index is 13.2. The Hall–Kier alpha value is -2.21. The molecule has 8 heteroatoms. The van der Waals surface area contributed by atoms with Gasteiger partial charge in [-0.3, -0.25) is 14.6 Å². The molecule has 2 amide bonds. The molecule has 1 aliphatic rings. The molecule has 1 aromatic heterocycles. The van der Waals surface area contributed by atoms with Crippen molar-refractivity contribution in [3.63, 3.8) is 0 Å². The van der Waals surface area contributed by atoms with Crippen LogP contribution in [0, 0.1) is 0 Å². The van der Waals surface area contributed by atoms with Gasteiger partial charge in [-0.15, -0.1) is 0 Å². The van der Waals surface area contributed by atoms with Gasteiger partial charge in [0.05, 0.1) is 11.1 Å². The van der Waals surface area contributed by atoms with Crippen molar-refractivity contribution < 1.29 is 9.59 Å². The first-order valence-corrected chi connectivity index (χ1v) is 14.8. The first kappa shape index (κ1) is 26.4. The number of hydrogen-bond donors (Lipinski definition) is 1. The highest BCUT2D eigenvalue weighted by atomic mass is 32.3. The van der Waals surface area contributed by atoms with Crippen molar-refractivity contribution in [1.29, 1.82) is 0 Å². The molecular weight excluding hydrogens is 440 g/mol. The molecule has 0 spiro atoms. The monoisotopic (exact) mass is 479 g/mol. The summed E-state index contributed by atoms with van der Waals surface area (Å²) in [6.45, 7) is 7.43. The number of carbonyl (C=O) groups is 2. The Kier molecular flexibility index (Phi) is 9.29. The minimum Gasteiger partial charge on any atom is -0.356 e. The number of nitrogens with one attached hydrogen (secondary N) is 1. The van der Waals surface area contributed by atoms with Gasteiger partial charge in [0.2, 0.25) is 11.8 Å². The molecule has 5 nitrogen and oxygen atoms in total. The average molecular weight is 479 g/mol. The Morgan fingerprint density at radius 2 is 1.82 bits per heavy atom. The van der Waals surface area contributed by atoms with Gasteiger partial charge in [0.1, 0.15) is 15.7 Å². The molecule has 0 saturated heterocycles. The molecule has 2 aromatic rings. The predicted molar refractivity (Wildman–Crippen MR) is 150 cm³/mol. The Bertz CT molecular complexity index is 972. The van der Waals surface area contributed by atoms with E-state index in [9.17, 15) is 9.59 Å². The lowest BCUT2D eigenvalue weighted by atomic mass is 9.63. The SMILES string of the molecule is B[C@@H](C(=O)NCCCCCC(=O)N1c2ccccc2S(CC)(CC)C1C)[C@@H](B)c1cccnc1. The molecule has 3 atom stereocenters. The first-order valence-electron chi connectivity index (χ1n) is 12.7. The van der Waals surface area contributed by atoms with E-state index in [-0.39, 0.29) is 28.8 Å². The van der Waals surface area contributed by atoms with Gasteiger partial charge in [-0.25, -0.2) is 0 Å². The molecule has 2 heterocycles. The minimum atomic E-state index is -1.000. The van der Waals surface area contributed by atoms with Crippen molar-refractivity contribution in [2.45, 2.75) is 68.4 Å². The van der Waals surface area contributed by atoms with Gasteiger partial charge < -0.3 is 10.2 Å². The number of pyridine rings is 1. The number of rotatable bonds is 11. The molecule has 0 bridgehead atoms. The van der Waals surface area contributed by atoms with Crippen LogP contribution in [-0.2, 0) is 9.59 Å². The van der Waals surface area contributed by atoms with Crippen LogP contribution in [0.5, 0.6) is 0 Å². The topological polar surface area (TPSA) is 62.3 Å². The molecule has 0 aliphatic carbocycles. The summed E-state index contributed by atoms with van der Waals surface area (Å²) in [6, 6.07) is 12.4. The third-order valence-electron chi connectivity index (χ3n) is 7.62. The van der Waals surface area contributed by atoms with Crippen LogP contribution in [0.1, 0.15) is 57.8 Å². The fourth-order valence-electron chi connectivity index (χ4n) is 5.15. The third kappa shape index (κ3) is 5.37. The van der Waals surface area contributed by atoms with Crippen molar-refractivity contribution in [3.8, 4) is 0 Å². The number of aromatic nitrogens is 1. The van der Waals surface area contributed by atoms with Gasteiger partial charge in [-0.05, 0) is 60.9 Å². The van der Waals surface area contributed by atoms with Gasteiger partial charge >= 0.3 is 0 Å². The molecule has 182 valence electrons. The zero-order valence-electron chi connectivity index (χ0n) is 21.4. The number of benzene rings is 1. The van der Waals surface area contributed by atoms with Crippen LogP contribution in [0.4, 0.5) is 5.69 Å². The van der Waals surface area contributed by atoms with E-state index in [4.69, 9.17) is 0 Å². The second kappa shape index (κ2) is 12.0. The average Bonchev–Trinajstić information content (AvgIpc) is 3.13. The zero-order chi connectivity index (χ0) is 24.7. The van der Waals surface area contributed by atoms with Gasteiger partial charge in [-0.1, -0.05) is 38.5 Å². The van der Waals surface area contributed by atoms with E-state index >= 15 is 0 Å². The molecule has 1 aliphatic heterocycles. The fraction of sp³-hybridized carbons (Fsp3) is 0.500.